The summed E-state index contributed by atoms with van der Waals surface area (Å²) in [5.41, 5.74) is 2.52. The minimum Gasteiger partial charge on any atom is -0.298 e. The van der Waals surface area contributed by atoms with Gasteiger partial charge in [-0.25, -0.2) is 0 Å². The Morgan fingerprint density at radius 3 is 2.59 bits per heavy atom. The predicted molar refractivity (Wildman–Crippen MR) is 67.0 cm³/mol. The molecule has 0 aliphatic heterocycles. The van der Waals surface area contributed by atoms with Crippen LogP contribution in [0.1, 0.15) is 15.9 Å². The molecule has 2 rings (SSSR count). The van der Waals surface area contributed by atoms with E-state index >= 15 is 0 Å². The summed E-state index contributed by atoms with van der Waals surface area (Å²) in [6.07, 6.45) is 0.782. The standard InChI is InChI=1S/C14H8ClNO/c15-14-6-5-10(8-16)7-13(14)12-4-2-1-3-11(12)9-17/h1-7,9H. The van der Waals surface area contributed by atoms with Gasteiger partial charge >= 0.3 is 0 Å². The van der Waals surface area contributed by atoms with Gasteiger partial charge in [-0.3, -0.25) is 4.79 Å². The van der Waals surface area contributed by atoms with Gasteiger partial charge in [-0.1, -0.05) is 35.9 Å². The van der Waals surface area contributed by atoms with Gasteiger partial charge in [0.2, 0.25) is 0 Å². The second kappa shape index (κ2) is 4.82. The van der Waals surface area contributed by atoms with E-state index in [0.29, 0.717) is 21.7 Å². The number of hydrogen-bond donors (Lipinski definition) is 0. The fraction of sp³-hybridized carbons (Fsp3) is 0. The van der Waals surface area contributed by atoms with E-state index in [1.54, 1.807) is 30.3 Å². The minimum atomic E-state index is 0.519. The van der Waals surface area contributed by atoms with Crippen LogP contribution in [0, 0.1) is 11.3 Å². The molecule has 0 aliphatic rings. The second-order valence-electron chi connectivity index (χ2n) is 3.51. The number of nitriles is 1. The Morgan fingerprint density at radius 2 is 1.88 bits per heavy atom. The number of hydrogen-bond acceptors (Lipinski definition) is 2. The normalized spacial score (nSPS) is 9.65. The van der Waals surface area contributed by atoms with E-state index in [0.717, 1.165) is 11.8 Å². The second-order valence-corrected chi connectivity index (χ2v) is 3.92. The molecule has 0 amide bonds. The van der Waals surface area contributed by atoms with Gasteiger partial charge in [0, 0.05) is 16.1 Å². The summed E-state index contributed by atoms with van der Waals surface area (Å²) in [5.74, 6) is 0. The van der Waals surface area contributed by atoms with Crippen molar-refractivity contribution in [3.05, 3.63) is 58.6 Å². The lowest BCUT2D eigenvalue weighted by Gasteiger charge is -2.07. The molecular formula is C14H8ClNO. The molecule has 0 fully saturated rings. The molecule has 3 heteroatoms. The van der Waals surface area contributed by atoms with Crippen molar-refractivity contribution in [3.63, 3.8) is 0 Å². The number of carbonyl (C=O) groups is 1. The highest BCUT2D eigenvalue weighted by Crippen LogP contribution is 2.30. The Labute approximate surface area is 104 Å². The Kier molecular flexibility index (Phi) is 3.22. The summed E-state index contributed by atoms with van der Waals surface area (Å²) in [5, 5.41) is 9.39. The summed E-state index contributed by atoms with van der Waals surface area (Å²) in [6.45, 7) is 0. The number of aldehydes is 1. The van der Waals surface area contributed by atoms with Gasteiger partial charge in [-0.05, 0) is 23.8 Å². The molecule has 0 N–H and O–H groups in total. The Morgan fingerprint density at radius 1 is 1.12 bits per heavy atom. The molecule has 0 aliphatic carbocycles. The SMILES string of the molecule is N#Cc1ccc(Cl)c(-c2ccccc2C=O)c1. The first-order valence-corrected chi connectivity index (χ1v) is 5.38. The Hall–Kier alpha value is -2.11. The maximum atomic E-state index is 11.0. The first kappa shape index (κ1) is 11.4. The van der Waals surface area contributed by atoms with Crippen molar-refractivity contribution in [1.29, 1.82) is 5.26 Å². The van der Waals surface area contributed by atoms with Gasteiger partial charge < -0.3 is 0 Å². The quantitative estimate of drug-likeness (QED) is 0.753. The molecule has 0 aromatic heterocycles. The van der Waals surface area contributed by atoms with Crippen molar-refractivity contribution in [2.24, 2.45) is 0 Å². The third-order valence-electron chi connectivity index (χ3n) is 2.47. The molecule has 17 heavy (non-hydrogen) atoms. The van der Waals surface area contributed by atoms with Crippen LogP contribution in [0.4, 0.5) is 0 Å². The maximum Gasteiger partial charge on any atom is 0.150 e. The summed E-state index contributed by atoms with van der Waals surface area (Å²) in [6, 6.07) is 14.2. The molecule has 0 unspecified atom stereocenters. The Bertz CT molecular complexity index is 614. The van der Waals surface area contributed by atoms with Crippen LogP contribution in [0.5, 0.6) is 0 Å². The van der Waals surface area contributed by atoms with Crippen LogP contribution in [-0.2, 0) is 0 Å². The first-order chi connectivity index (χ1) is 8.26. The largest absolute Gasteiger partial charge is 0.298 e. The van der Waals surface area contributed by atoms with E-state index in [1.807, 2.05) is 12.1 Å². The Balaban J connectivity index is 2.68. The van der Waals surface area contributed by atoms with E-state index in [1.165, 1.54) is 0 Å². The van der Waals surface area contributed by atoms with Crippen LogP contribution in [0.25, 0.3) is 11.1 Å². The highest BCUT2D eigenvalue weighted by Gasteiger charge is 2.08. The van der Waals surface area contributed by atoms with Gasteiger partial charge in [-0.15, -0.1) is 0 Å². The summed E-state index contributed by atoms with van der Waals surface area (Å²) in [7, 11) is 0. The molecule has 0 saturated heterocycles. The number of carbonyl (C=O) groups excluding carboxylic acids is 1. The van der Waals surface area contributed by atoms with Crippen LogP contribution in [0.2, 0.25) is 5.02 Å². The van der Waals surface area contributed by atoms with E-state index in [4.69, 9.17) is 16.9 Å². The van der Waals surface area contributed by atoms with Crippen molar-refractivity contribution in [1.82, 2.24) is 0 Å². The molecule has 2 nitrogen and oxygen atoms in total. The van der Waals surface area contributed by atoms with Gasteiger partial charge in [0.25, 0.3) is 0 Å². The number of halogens is 1. The van der Waals surface area contributed by atoms with Crippen molar-refractivity contribution in [2.75, 3.05) is 0 Å². The molecule has 0 atom stereocenters. The third-order valence-corrected chi connectivity index (χ3v) is 2.80. The minimum absolute atomic E-state index is 0.519. The van der Waals surface area contributed by atoms with Crippen LogP contribution >= 0.6 is 11.6 Å². The predicted octanol–water partition coefficient (Wildman–Crippen LogP) is 3.69. The molecule has 0 heterocycles. The molecule has 0 spiro atoms. The molecule has 0 bridgehead atoms. The lowest BCUT2D eigenvalue weighted by Crippen LogP contribution is -1.88. The van der Waals surface area contributed by atoms with Gasteiger partial charge in [0.05, 0.1) is 11.6 Å². The fourth-order valence-electron chi connectivity index (χ4n) is 1.65. The van der Waals surface area contributed by atoms with Crippen LogP contribution in [-0.4, -0.2) is 6.29 Å². The molecule has 2 aromatic rings. The average molecular weight is 242 g/mol. The summed E-state index contributed by atoms with van der Waals surface area (Å²) < 4.78 is 0. The van der Waals surface area contributed by atoms with Crippen molar-refractivity contribution in [2.45, 2.75) is 0 Å². The average Bonchev–Trinajstić information content (AvgIpc) is 2.39. The van der Waals surface area contributed by atoms with Crippen LogP contribution in [0.15, 0.2) is 42.5 Å². The zero-order chi connectivity index (χ0) is 12.3. The maximum absolute atomic E-state index is 11.0. The van der Waals surface area contributed by atoms with Crippen molar-refractivity contribution in [3.8, 4) is 17.2 Å². The zero-order valence-electron chi connectivity index (χ0n) is 8.85. The van der Waals surface area contributed by atoms with Crippen molar-refractivity contribution >= 4 is 17.9 Å². The van der Waals surface area contributed by atoms with Crippen molar-refractivity contribution < 1.29 is 4.79 Å². The zero-order valence-corrected chi connectivity index (χ0v) is 9.61. The van der Waals surface area contributed by atoms with Gasteiger partial charge in [0.1, 0.15) is 0 Å². The first-order valence-electron chi connectivity index (χ1n) is 5.00. The highest BCUT2D eigenvalue weighted by molar-refractivity contribution is 6.33. The van der Waals surface area contributed by atoms with E-state index in [-0.39, 0.29) is 0 Å². The van der Waals surface area contributed by atoms with E-state index in [9.17, 15) is 4.79 Å². The fourth-order valence-corrected chi connectivity index (χ4v) is 1.87. The van der Waals surface area contributed by atoms with Crippen LogP contribution in [0.3, 0.4) is 0 Å². The van der Waals surface area contributed by atoms with Gasteiger partial charge in [-0.2, -0.15) is 5.26 Å². The third kappa shape index (κ3) is 2.20. The van der Waals surface area contributed by atoms with E-state index in [2.05, 4.69) is 6.07 Å². The van der Waals surface area contributed by atoms with Crippen LogP contribution < -0.4 is 0 Å². The molecule has 0 saturated carbocycles. The summed E-state index contributed by atoms with van der Waals surface area (Å²) in [4.78, 5) is 11.0. The lowest BCUT2D eigenvalue weighted by molar-refractivity contribution is 0.112. The summed E-state index contributed by atoms with van der Waals surface area (Å²) >= 11 is 6.09. The molecule has 82 valence electrons. The molecule has 2 aromatic carbocycles. The number of nitrogens with zero attached hydrogens (tertiary/aromatic N) is 1. The smallest absolute Gasteiger partial charge is 0.150 e. The number of benzene rings is 2. The highest BCUT2D eigenvalue weighted by atomic mass is 35.5. The number of rotatable bonds is 2. The molecule has 0 radical (unpaired) electrons. The van der Waals surface area contributed by atoms with E-state index < -0.39 is 0 Å². The lowest BCUT2D eigenvalue weighted by atomic mass is 9.99. The monoisotopic (exact) mass is 241 g/mol. The molecular weight excluding hydrogens is 234 g/mol. The topological polar surface area (TPSA) is 40.9 Å². The van der Waals surface area contributed by atoms with Gasteiger partial charge in [0.15, 0.2) is 6.29 Å².